The number of benzene rings is 1. The number of anilines is 1. The minimum absolute atomic E-state index is 0.853. The number of pyridine rings is 1. The highest BCUT2D eigenvalue weighted by molar-refractivity contribution is 5.85. The fraction of sp³-hybridized carbons (Fsp3) is 0.400. The van der Waals surface area contributed by atoms with Crippen LogP contribution in [0.2, 0.25) is 0 Å². The number of fused-ring (bicyclic) bond motifs is 1. The fourth-order valence-corrected chi connectivity index (χ4v) is 2.20. The van der Waals surface area contributed by atoms with Gasteiger partial charge >= 0.3 is 0 Å². The molecule has 0 unspecified atom stereocenters. The van der Waals surface area contributed by atoms with Gasteiger partial charge < -0.3 is 9.64 Å². The Morgan fingerprint density at radius 3 is 2.50 bits per heavy atom. The minimum Gasteiger partial charge on any atom is -0.497 e. The van der Waals surface area contributed by atoms with E-state index in [0.29, 0.717) is 0 Å². The summed E-state index contributed by atoms with van der Waals surface area (Å²) in [6.45, 7) is 8.37. The van der Waals surface area contributed by atoms with Crippen LogP contribution in [0.5, 0.6) is 5.75 Å². The average molecular weight is 244 g/mol. The Labute approximate surface area is 108 Å². The minimum atomic E-state index is 0.853. The second-order valence-corrected chi connectivity index (χ2v) is 4.35. The Bertz CT molecular complexity index is 547. The Hall–Kier alpha value is -1.77. The smallest absolute Gasteiger partial charge is 0.129 e. The molecule has 2 aromatic rings. The summed E-state index contributed by atoms with van der Waals surface area (Å²) in [5.41, 5.74) is 2.25. The summed E-state index contributed by atoms with van der Waals surface area (Å²) in [4.78, 5) is 6.99. The quantitative estimate of drug-likeness (QED) is 0.824. The molecule has 0 aliphatic carbocycles. The number of methoxy groups -OCH3 is 1. The van der Waals surface area contributed by atoms with E-state index in [-0.39, 0.29) is 0 Å². The third-order valence-electron chi connectivity index (χ3n) is 3.30. The van der Waals surface area contributed by atoms with Gasteiger partial charge in [-0.25, -0.2) is 4.98 Å². The molecule has 0 amide bonds. The number of rotatable bonds is 4. The van der Waals surface area contributed by atoms with Crippen LogP contribution in [0.15, 0.2) is 24.3 Å². The molecular formula is C15H20N2O. The van der Waals surface area contributed by atoms with Gasteiger partial charge in [0.15, 0.2) is 0 Å². The van der Waals surface area contributed by atoms with Crippen molar-refractivity contribution in [2.75, 3.05) is 25.1 Å². The summed E-state index contributed by atoms with van der Waals surface area (Å²) < 4.78 is 5.26. The molecule has 0 atom stereocenters. The van der Waals surface area contributed by atoms with Crippen molar-refractivity contribution in [2.24, 2.45) is 0 Å². The maximum Gasteiger partial charge on any atom is 0.129 e. The molecular weight excluding hydrogens is 224 g/mol. The molecule has 2 rings (SSSR count). The third kappa shape index (κ3) is 2.26. The van der Waals surface area contributed by atoms with E-state index < -0.39 is 0 Å². The summed E-state index contributed by atoms with van der Waals surface area (Å²) in [5, 5.41) is 1.19. The van der Waals surface area contributed by atoms with Gasteiger partial charge in [0.25, 0.3) is 0 Å². The Morgan fingerprint density at radius 2 is 1.89 bits per heavy atom. The molecule has 0 bridgehead atoms. The first-order valence-electron chi connectivity index (χ1n) is 6.40. The lowest BCUT2D eigenvalue weighted by Gasteiger charge is -2.21. The molecule has 0 radical (unpaired) electrons. The number of ether oxygens (including phenoxy) is 1. The fourth-order valence-electron chi connectivity index (χ4n) is 2.20. The topological polar surface area (TPSA) is 25.4 Å². The Balaban J connectivity index is 2.58. The first kappa shape index (κ1) is 12.7. The summed E-state index contributed by atoms with van der Waals surface area (Å²) in [6, 6.07) is 8.20. The van der Waals surface area contributed by atoms with Gasteiger partial charge in [0.2, 0.25) is 0 Å². The number of nitrogens with zero attached hydrogens (tertiary/aromatic N) is 2. The van der Waals surface area contributed by atoms with Gasteiger partial charge in [0, 0.05) is 24.5 Å². The number of hydrogen-bond acceptors (Lipinski definition) is 3. The summed E-state index contributed by atoms with van der Waals surface area (Å²) >= 11 is 0. The third-order valence-corrected chi connectivity index (χ3v) is 3.30. The van der Waals surface area contributed by atoms with Crippen LogP contribution in [0.4, 0.5) is 5.82 Å². The predicted octanol–water partition coefficient (Wildman–Crippen LogP) is 3.40. The second-order valence-electron chi connectivity index (χ2n) is 4.35. The summed E-state index contributed by atoms with van der Waals surface area (Å²) in [7, 11) is 1.68. The molecule has 0 fully saturated rings. The van der Waals surface area contributed by atoms with Gasteiger partial charge in [-0.05, 0) is 44.5 Å². The SMILES string of the molecule is CCN(CC)c1cc(C)c2ccc(OC)cc2n1. The lowest BCUT2D eigenvalue weighted by Crippen LogP contribution is -2.23. The van der Waals surface area contributed by atoms with Crippen LogP contribution in [0.1, 0.15) is 19.4 Å². The molecule has 18 heavy (non-hydrogen) atoms. The molecule has 0 saturated carbocycles. The Kier molecular flexibility index (Phi) is 3.70. The molecule has 3 nitrogen and oxygen atoms in total. The lowest BCUT2D eigenvalue weighted by molar-refractivity contribution is 0.415. The van der Waals surface area contributed by atoms with Crippen molar-refractivity contribution in [2.45, 2.75) is 20.8 Å². The van der Waals surface area contributed by atoms with Crippen LogP contribution in [-0.2, 0) is 0 Å². The maximum atomic E-state index is 5.26. The van der Waals surface area contributed by atoms with E-state index in [1.807, 2.05) is 12.1 Å². The largest absolute Gasteiger partial charge is 0.497 e. The highest BCUT2D eigenvalue weighted by Gasteiger charge is 2.08. The molecule has 0 aliphatic rings. The first-order chi connectivity index (χ1) is 8.69. The molecule has 96 valence electrons. The maximum absolute atomic E-state index is 5.26. The monoisotopic (exact) mass is 244 g/mol. The highest BCUT2D eigenvalue weighted by atomic mass is 16.5. The van der Waals surface area contributed by atoms with Gasteiger partial charge in [0.05, 0.1) is 12.6 Å². The normalized spacial score (nSPS) is 10.7. The summed E-state index contributed by atoms with van der Waals surface area (Å²) in [5.74, 6) is 1.89. The zero-order valence-electron chi connectivity index (χ0n) is 11.5. The van der Waals surface area contributed by atoms with Gasteiger partial charge in [-0.3, -0.25) is 0 Å². The van der Waals surface area contributed by atoms with Crippen LogP contribution in [0, 0.1) is 6.92 Å². The zero-order chi connectivity index (χ0) is 13.1. The van der Waals surface area contributed by atoms with Crippen molar-refractivity contribution >= 4 is 16.7 Å². The van der Waals surface area contributed by atoms with Crippen molar-refractivity contribution in [1.82, 2.24) is 4.98 Å². The highest BCUT2D eigenvalue weighted by Crippen LogP contribution is 2.25. The standard InChI is InChI=1S/C15H20N2O/c1-5-17(6-2)15-9-11(3)13-8-7-12(18-4)10-14(13)16-15/h7-10H,5-6H2,1-4H3. The molecule has 0 N–H and O–H groups in total. The molecule has 0 saturated heterocycles. The van der Waals surface area contributed by atoms with E-state index >= 15 is 0 Å². The molecule has 1 aromatic carbocycles. The van der Waals surface area contributed by atoms with Crippen molar-refractivity contribution in [1.29, 1.82) is 0 Å². The van der Waals surface area contributed by atoms with Crippen LogP contribution in [-0.4, -0.2) is 25.2 Å². The first-order valence-corrected chi connectivity index (χ1v) is 6.40. The van der Waals surface area contributed by atoms with Crippen LogP contribution >= 0.6 is 0 Å². The second kappa shape index (κ2) is 5.25. The average Bonchev–Trinajstić information content (AvgIpc) is 2.39. The number of hydrogen-bond donors (Lipinski definition) is 0. The predicted molar refractivity (Wildman–Crippen MR) is 76.6 cm³/mol. The molecule has 1 aromatic heterocycles. The van der Waals surface area contributed by atoms with E-state index in [1.54, 1.807) is 7.11 Å². The van der Waals surface area contributed by atoms with Crippen LogP contribution in [0.3, 0.4) is 0 Å². The van der Waals surface area contributed by atoms with E-state index in [1.165, 1.54) is 10.9 Å². The van der Waals surface area contributed by atoms with Gasteiger partial charge in [-0.15, -0.1) is 0 Å². The van der Waals surface area contributed by atoms with E-state index in [2.05, 4.69) is 37.8 Å². The van der Waals surface area contributed by atoms with Gasteiger partial charge in [-0.2, -0.15) is 0 Å². The molecule has 0 aliphatic heterocycles. The van der Waals surface area contributed by atoms with Gasteiger partial charge in [0.1, 0.15) is 11.6 Å². The molecule has 1 heterocycles. The van der Waals surface area contributed by atoms with Crippen molar-refractivity contribution in [3.8, 4) is 5.75 Å². The van der Waals surface area contributed by atoms with E-state index in [9.17, 15) is 0 Å². The van der Waals surface area contributed by atoms with E-state index in [0.717, 1.165) is 30.2 Å². The van der Waals surface area contributed by atoms with Crippen molar-refractivity contribution in [3.05, 3.63) is 29.8 Å². The summed E-state index contributed by atoms with van der Waals surface area (Å²) in [6.07, 6.45) is 0. The van der Waals surface area contributed by atoms with Crippen LogP contribution < -0.4 is 9.64 Å². The van der Waals surface area contributed by atoms with Crippen molar-refractivity contribution in [3.63, 3.8) is 0 Å². The van der Waals surface area contributed by atoms with Gasteiger partial charge in [-0.1, -0.05) is 0 Å². The Morgan fingerprint density at radius 1 is 1.17 bits per heavy atom. The number of aromatic nitrogens is 1. The molecule has 3 heteroatoms. The lowest BCUT2D eigenvalue weighted by atomic mass is 10.1. The molecule has 0 spiro atoms. The van der Waals surface area contributed by atoms with Crippen LogP contribution in [0.25, 0.3) is 10.9 Å². The number of aryl methyl sites for hydroxylation is 1. The van der Waals surface area contributed by atoms with Crippen molar-refractivity contribution < 1.29 is 4.74 Å². The van der Waals surface area contributed by atoms with E-state index in [4.69, 9.17) is 9.72 Å². The zero-order valence-corrected chi connectivity index (χ0v) is 11.5.